The highest BCUT2D eigenvalue weighted by Crippen LogP contribution is 2.28. The van der Waals surface area contributed by atoms with Crippen molar-refractivity contribution in [2.45, 2.75) is 6.42 Å². The third-order valence-electron chi connectivity index (χ3n) is 3.54. The van der Waals surface area contributed by atoms with E-state index >= 15 is 0 Å². The first-order valence-corrected chi connectivity index (χ1v) is 7.26. The zero-order valence-corrected chi connectivity index (χ0v) is 12.6. The summed E-state index contributed by atoms with van der Waals surface area (Å²) in [7, 11) is 1.70. The lowest BCUT2D eigenvalue weighted by Crippen LogP contribution is -2.21. The minimum Gasteiger partial charge on any atom is -0.421 e. The molecule has 3 aromatic rings. The monoisotopic (exact) mass is 308 g/mol. The first-order chi connectivity index (χ1) is 11.2. The molecule has 0 atom stereocenters. The Hall–Kier alpha value is -3.08. The Balaban J connectivity index is 1.95. The molecular formula is C18H16N2O3. The lowest BCUT2D eigenvalue weighted by Gasteiger charge is -2.12. The minimum absolute atomic E-state index is 0.132. The fourth-order valence-electron chi connectivity index (χ4n) is 2.49. The molecule has 1 heterocycles. The summed E-state index contributed by atoms with van der Waals surface area (Å²) in [5.74, 6) is -0.268. The summed E-state index contributed by atoms with van der Waals surface area (Å²) < 4.78 is 5.28. The van der Waals surface area contributed by atoms with Gasteiger partial charge in [0.2, 0.25) is 5.91 Å². The van der Waals surface area contributed by atoms with Gasteiger partial charge < -0.3 is 15.1 Å². The molecular weight excluding hydrogens is 292 g/mol. The number of rotatable bonds is 4. The molecule has 5 heteroatoms. The molecule has 1 amide bonds. The Morgan fingerprint density at radius 1 is 1.00 bits per heavy atom. The molecule has 0 fully saturated rings. The number of benzene rings is 2. The summed E-state index contributed by atoms with van der Waals surface area (Å²) in [4.78, 5) is 24.4. The van der Waals surface area contributed by atoms with Crippen LogP contribution < -0.4 is 16.3 Å². The van der Waals surface area contributed by atoms with Gasteiger partial charge in [0.05, 0.1) is 12.1 Å². The molecule has 0 aliphatic rings. The van der Waals surface area contributed by atoms with Crippen molar-refractivity contribution >= 4 is 28.3 Å². The smallest absolute Gasteiger partial charge is 0.362 e. The first-order valence-electron chi connectivity index (χ1n) is 7.26. The van der Waals surface area contributed by atoms with Crippen LogP contribution >= 0.6 is 0 Å². The molecule has 0 spiro atoms. The van der Waals surface area contributed by atoms with Crippen molar-refractivity contribution in [1.82, 2.24) is 0 Å². The van der Waals surface area contributed by atoms with E-state index in [2.05, 4.69) is 10.6 Å². The maximum absolute atomic E-state index is 12.2. The lowest BCUT2D eigenvalue weighted by molar-refractivity contribution is -0.115. The van der Waals surface area contributed by atoms with E-state index in [1.54, 1.807) is 19.2 Å². The molecule has 0 aliphatic heterocycles. The highest BCUT2D eigenvalue weighted by atomic mass is 16.4. The lowest BCUT2D eigenvalue weighted by atomic mass is 10.1. The molecule has 2 N–H and O–H groups in total. The van der Waals surface area contributed by atoms with Gasteiger partial charge in [0, 0.05) is 12.4 Å². The maximum atomic E-state index is 12.2. The van der Waals surface area contributed by atoms with Gasteiger partial charge in [-0.1, -0.05) is 42.5 Å². The Morgan fingerprint density at radius 3 is 2.43 bits per heavy atom. The minimum atomic E-state index is -0.575. The molecule has 23 heavy (non-hydrogen) atoms. The van der Waals surface area contributed by atoms with Crippen molar-refractivity contribution in [1.29, 1.82) is 0 Å². The molecule has 0 saturated carbocycles. The second-order valence-electron chi connectivity index (χ2n) is 5.10. The number of hydrogen-bond acceptors (Lipinski definition) is 4. The number of anilines is 2. The highest BCUT2D eigenvalue weighted by molar-refractivity contribution is 6.02. The van der Waals surface area contributed by atoms with Crippen LogP contribution in [0.15, 0.2) is 63.8 Å². The zero-order valence-electron chi connectivity index (χ0n) is 12.6. The Kier molecular flexibility index (Phi) is 4.10. The van der Waals surface area contributed by atoms with Crippen LogP contribution in [0.25, 0.3) is 11.0 Å². The van der Waals surface area contributed by atoms with E-state index in [9.17, 15) is 9.59 Å². The van der Waals surface area contributed by atoms with Crippen molar-refractivity contribution in [3.05, 3.63) is 70.6 Å². The van der Waals surface area contributed by atoms with Crippen molar-refractivity contribution in [2.75, 3.05) is 17.7 Å². The predicted molar refractivity (Wildman–Crippen MR) is 90.8 cm³/mol. The summed E-state index contributed by atoms with van der Waals surface area (Å²) in [6.07, 6.45) is 0.191. The maximum Gasteiger partial charge on any atom is 0.362 e. The van der Waals surface area contributed by atoms with E-state index in [0.29, 0.717) is 11.3 Å². The number of carbonyl (C=O) groups excluding carboxylic acids is 1. The number of para-hydroxylation sites is 1. The van der Waals surface area contributed by atoms with Crippen molar-refractivity contribution in [2.24, 2.45) is 0 Å². The van der Waals surface area contributed by atoms with Gasteiger partial charge in [0.1, 0.15) is 5.58 Å². The molecule has 0 saturated heterocycles. The summed E-state index contributed by atoms with van der Waals surface area (Å²) in [5.41, 5.74) is 1.46. The third kappa shape index (κ3) is 3.08. The van der Waals surface area contributed by atoms with Crippen molar-refractivity contribution in [3.8, 4) is 0 Å². The van der Waals surface area contributed by atoms with Crippen LogP contribution in [0.5, 0.6) is 0 Å². The van der Waals surface area contributed by atoms with Gasteiger partial charge in [-0.3, -0.25) is 4.79 Å². The average Bonchev–Trinajstić information content (AvgIpc) is 2.56. The summed E-state index contributed by atoms with van der Waals surface area (Å²) in [5, 5.41) is 6.38. The van der Waals surface area contributed by atoms with Crippen LogP contribution in [0.4, 0.5) is 11.4 Å². The largest absolute Gasteiger partial charge is 0.421 e. The van der Waals surface area contributed by atoms with E-state index in [0.717, 1.165) is 10.9 Å². The number of nitrogens with one attached hydrogen (secondary N) is 2. The Morgan fingerprint density at radius 2 is 1.70 bits per heavy atom. The number of hydrogen-bond donors (Lipinski definition) is 2. The third-order valence-corrected chi connectivity index (χ3v) is 3.54. The molecule has 0 radical (unpaired) electrons. The fourth-order valence-corrected chi connectivity index (χ4v) is 2.49. The van der Waals surface area contributed by atoms with Crippen molar-refractivity contribution < 1.29 is 9.21 Å². The number of carbonyl (C=O) groups is 1. The van der Waals surface area contributed by atoms with Gasteiger partial charge in [-0.05, 0) is 17.7 Å². The topological polar surface area (TPSA) is 71.3 Å². The summed E-state index contributed by atoms with van der Waals surface area (Å²) in [6, 6.07) is 16.5. The van der Waals surface area contributed by atoms with Gasteiger partial charge in [-0.2, -0.15) is 0 Å². The second-order valence-corrected chi connectivity index (χ2v) is 5.10. The predicted octanol–water partition coefficient (Wildman–Crippen LogP) is 3.02. The Labute approximate surface area is 132 Å². The molecule has 116 valence electrons. The molecule has 3 rings (SSSR count). The first kappa shape index (κ1) is 14.8. The van der Waals surface area contributed by atoms with Crippen molar-refractivity contribution in [3.63, 3.8) is 0 Å². The highest BCUT2D eigenvalue weighted by Gasteiger charge is 2.16. The second kappa shape index (κ2) is 6.36. The van der Waals surface area contributed by atoms with Crippen LogP contribution in [-0.2, 0) is 11.2 Å². The number of fused-ring (bicyclic) bond motifs is 1. The van der Waals surface area contributed by atoms with Gasteiger partial charge in [0.15, 0.2) is 5.69 Å². The SMILES string of the molecule is CNc1c(NC(=O)Cc2ccccc2)c(=O)oc2ccccc12. The molecule has 5 nitrogen and oxygen atoms in total. The normalized spacial score (nSPS) is 10.5. The van der Waals surface area contributed by atoms with Gasteiger partial charge >= 0.3 is 5.63 Å². The Bertz CT molecular complexity index is 901. The molecule has 0 bridgehead atoms. The van der Waals surface area contributed by atoms with E-state index < -0.39 is 5.63 Å². The van der Waals surface area contributed by atoms with E-state index in [1.807, 2.05) is 42.5 Å². The fraction of sp³-hybridized carbons (Fsp3) is 0.111. The van der Waals surface area contributed by atoms with Crippen LogP contribution in [0, 0.1) is 0 Å². The summed E-state index contributed by atoms with van der Waals surface area (Å²) in [6.45, 7) is 0. The quantitative estimate of drug-likeness (QED) is 0.727. The molecule has 0 unspecified atom stereocenters. The van der Waals surface area contributed by atoms with Crippen LogP contribution in [0.3, 0.4) is 0 Å². The molecule has 1 aromatic heterocycles. The standard InChI is InChI=1S/C18H16N2O3/c1-19-16-13-9-5-6-10-14(13)23-18(22)17(16)20-15(21)11-12-7-3-2-4-8-12/h2-10,19H,11H2,1H3,(H,20,21). The zero-order chi connectivity index (χ0) is 16.2. The van der Waals surface area contributed by atoms with Crippen LogP contribution in [0.2, 0.25) is 0 Å². The van der Waals surface area contributed by atoms with Crippen LogP contribution in [0.1, 0.15) is 5.56 Å². The number of amides is 1. The van der Waals surface area contributed by atoms with E-state index in [4.69, 9.17) is 4.42 Å². The summed E-state index contributed by atoms with van der Waals surface area (Å²) >= 11 is 0. The van der Waals surface area contributed by atoms with Gasteiger partial charge in [-0.25, -0.2) is 4.79 Å². The van der Waals surface area contributed by atoms with E-state index in [1.165, 1.54) is 0 Å². The van der Waals surface area contributed by atoms with Gasteiger partial charge in [0.25, 0.3) is 0 Å². The van der Waals surface area contributed by atoms with E-state index in [-0.39, 0.29) is 18.0 Å². The van der Waals surface area contributed by atoms with Gasteiger partial charge in [-0.15, -0.1) is 0 Å². The van der Waals surface area contributed by atoms with Crippen LogP contribution in [-0.4, -0.2) is 13.0 Å². The molecule has 0 aliphatic carbocycles. The average molecular weight is 308 g/mol. The molecule has 2 aromatic carbocycles.